The van der Waals surface area contributed by atoms with E-state index in [0.717, 1.165) is 18.2 Å². The highest BCUT2D eigenvalue weighted by atomic mass is 16.5. The van der Waals surface area contributed by atoms with Crippen molar-refractivity contribution in [2.45, 2.75) is 52.6 Å². The average Bonchev–Trinajstić information content (AvgIpc) is 2.89. The van der Waals surface area contributed by atoms with E-state index in [9.17, 15) is 0 Å². The second-order valence-electron chi connectivity index (χ2n) is 7.58. The summed E-state index contributed by atoms with van der Waals surface area (Å²) in [5.74, 6) is 1.85. The van der Waals surface area contributed by atoms with Crippen LogP contribution >= 0.6 is 0 Å². The topological polar surface area (TPSA) is 21.3 Å². The molecule has 3 rings (SSSR count). The lowest BCUT2D eigenvalue weighted by Crippen LogP contribution is -2.49. The molecule has 2 heteroatoms. The molecule has 0 amide bonds. The summed E-state index contributed by atoms with van der Waals surface area (Å²) in [5.41, 5.74) is 2.23. The molecule has 20 heavy (non-hydrogen) atoms. The molecule has 0 aromatic heterocycles. The van der Waals surface area contributed by atoms with E-state index in [1.165, 1.54) is 24.8 Å². The van der Waals surface area contributed by atoms with E-state index in [1.807, 2.05) is 6.07 Å². The standard InChI is InChI=1S/C18H27NO/c1-17(2)14-8-9-18(3,11-14)16(17)19-12-13-6-5-7-15(10-13)20-4/h5-7,10,14,16,19H,8-9,11-12H2,1-4H3/t14-,16?,18+/m0/s1. The molecule has 2 saturated carbocycles. The van der Waals surface area contributed by atoms with Crippen LogP contribution in [0.2, 0.25) is 0 Å². The summed E-state index contributed by atoms with van der Waals surface area (Å²) in [6.45, 7) is 8.31. The van der Waals surface area contributed by atoms with Crippen molar-refractivity contribution in [3.63, 3.8) is 0 Å². The normalized spacial score (nSPS) is 34.4. The van der Waals surface area contributed by atoms with Crippen molar-refractivity contribution in [3.8, 4) is 5.75 Å². The van der Waals surface area contributed by atoms with Crippen LogP contribution < -0.4 is 10.1 Å². The second-order valence-corrected chi connectivity index (χ2v) is 7.58. The van der Waals surface area contributed by atoms with Gasteiger partial charge in [0, 0.05) is 12.6 Å². The highest BCUT2D eigenvalue weighted by Gasteiger charge is 2.58. The first kappa shape index (κ1) is 13.9. The van der Waals surface area contributed by atoms with E-state index in [-0.39, 0.29) is 0 Å². The van der Waals surface area contributed by atoms with Gasteiger partial charge in [-0.25, -0.2) is 0 Å². The Morgan fingerprint density at radius 1 is 1.30 bits per heavy atom. The predicted molar refractivity (Wildman–Crippen MR) is 82.9 cm³/mol. The summed E-state index contributed by atoms with van der Waals surface area (Å²) >= 11 is 0. The number of ether oxygens (including phenoxy) is 1. The Balaban J connectivity index is 1.71. The van der Waals surface area contributed by atoms with Gasteiger partial charge in [0.1, 0.15) is 5.75 Å². The molecule has 2 aliphatic rings. The summed E-state index contributed by atoms with van der Waals surface area (Å²) in [5, 5.41) is 3.86. The van der Waals surface area contributed by atoms with Crippen molar-refractivity contribution in [3.05, 3.63) is 29.8 Å². The van der Waals surface area contributed by atoms with Gasteiger partial charge < -0.3 is 10.1 Å². The van der Waals surface area contributed by atoms with Crippen LogP contribution in [0.5, 0.6) is 5.75 Å². The molecule has 1 aromatic rings. The van der Waals surface area contributed by atoms with Crippen LogP contribution in [0.3, 0.4) is 0 Å². The van der Waals surface area contributed by atoms with Gasteiger partial charge >= 0.3 is 0 Å². The largest absolute Gasteiger partial charge is 0.497 e. The fourth-order valence-electron chi connectivity index (χ4n) is 4.81. The van der Waals surface area contributed by atoms with Gasteiger partial charge in [0.15, 0.2) is 0 Å². The van der Waals surface area contributed by atoms with Crippen LogP contribution in [0.1, 0.15) is 45.6 Å². The lowest BCUT2D eigenvalue weighted by atomic mass is 9.68. The van der Waals surface area contributed by atoms with E-state index in [2.05, 4.69) is 44.3 Å². The molecule has 0 aliphatic heterocycles. The van der Waals surface area contributed by atoms with Gasteiger partial charge in [0.05, 0.1) is 7.11 Å². The lowest BCUT2D eigenvalue weighted by molar-refractivity contribution is 0.108. The minimum Gasteiger partial charge on any atom is -0.497 e. The first-order valence-corrected chi connectivity index (χ1v) is 7.82. The zero-order valence-corrected chi connectivity index (χ0v) is 13.2. The number of methoxy groups -OCH3 is 1. The number of nitrogens with one attached hydrogen (secondary N) is 1. The summed E-state index contributed by atoms with van der Waals surface area (Å²) in [6.07, 6.45) is 4.20. The summed E-state index contributed by atoms with van der Waals surface area (Å²) in [4.78, 5) is 0. The van der Waals surface area contributed by atoms with Gasteiger partial charge in [0.25, 0.3) is 0 Å². The van der Waals surface area contributed by atoms with E-state index >= 15 is 0 Å². The first-order valence-electron chi connectivity index (χ1n) is 7.82. The third-order valence-electron chi connectivity index (χ3n) is 5.91. The van der Waals surface area contributed by atoms with E-state index < -0.39 is 0 Å². The Morgan fingerprint density at radius 3 is 2.75 bits per heavy atom. The Labute approximate surface area is 122 Å². The Bertz CT molecular complexity index is 491. The van der Waals surface area contributed by atoms with Crippen molar-refractivity contribution in [1.82, 2.24) is 5.32 Å². The van der Waals surface area contributed by atoms with Crippen molar-refractivity contribution in [2.75, 3.05) is 7.11 Å². The molecule has 2 aliphatic carbocycles. The van der Waals surface area contributed by atoms with Crippen LogP contribution in [0, 0.1) is 16.7 Å². The number of hydrogen-bond acceptors (Lipinski definition) is 2. The third-order valence-corrected chi connectivity index (χ3v) is 5.91. The van der Waals surface area contributed by atoms with Crippen LogP contribution in [-0.4, -0.2) is 13.2 Å². The molecule has 2 nitrogen and oxygen atoms in total. The molecule has 0 spiro atoms. The molecule has 1 N–H and O–H groups in total. The van der Waals surface area contributed by atoms with Crippen LogP contribution in [0.15, 0.2) is 24.3 Å². The molecule has 2 fully saturated rings. The Kier molecular flexibility index (Phi) is 3.32. The molecule has 1 aromatic carbocycles. The number of rotatable bonds is 4. The molecule has 0 saturated heterocycles. The van der Waals surface area contributed by atoms with Crippen molar-refractivity contribution >= 4 is 0 Å². The van der Waals surface area contributed by atoms with Gasteiger partial charge in [0.2, 0.25) is 0 Å². The SMILES string of the molecule is COc1cccc(CNC2C(C)(C)[C@H]3CC[C@]2(C)C3)c1. The third kappa shape index (κ3) is 2.14. The molecule has 110 valence electrons. The maximum absolute atomic E-state index is 5.31. The quantitative estimate of drug-likeness (QED) is 0.895. The monoisotopic (exact) mass is 273 g/mol. The highest BCUT2D eigenvalue weighted by molar-refractivity contribution is 5.28. The van der Waals surface area contributed by atoms with Crippen LogP contribution in [-0.2, 0) is 6.54 Å². The zero-order chi connectivity index (χ0) is 14.4. The van der Waals surface area contributed by atoms with Gasteiger partial charge in [-0.1, -0.05) is 32.9 Å². The summed E-state index contributed by atoms with van der Waals surface area (Å²) < 4.78 is 5.31. The van der Waals surface area contributed by atoms with Gasteiger partial charge in [-0.2, -0.15) is 0 Å². The molecule has 2 bridgehead atoms. The first-order chi connectivity index (χ1) is 9.45. The Hall–Kier alpha value is -1.02. The average molecular weight is 273 g/mol. The van der Waals surface area contributed by atoms with Crippen LogP contribution in [0.4, 0.5) is 0 Å². The molecular formula is C18H27NO. The minimum absolute atomic E-state index is 0.422. The van der Waals surface area contributed by atoms with E-state index in [1.54, 1.807) is 7.11 Å². The summed E-state index contributed by atoms with van der Waals surface area (Å²) in [7, 11) is 1.73. The zero-order valence-electron chi connectivity index (χ0n) is 13.2. The number of hydrogen-bond donors (Lipinski definition) is 1. The van der Waals surface area contributed by atoms with Crippen molar-refractivity contribution < 1.29 is 4.74 Å². The second kappa shape index (κ2) is 4.77. The fourth-order valence-corrected chi connectivity index (χ4v) is 4.81. The smallest absolute Gasteiger partial charge is 0.119 e. The molecule has 1 unspecified atom stereocenters. The fraction of sp³-hybridized carbons (Fsp3) is 0.667. The molecular weight excluding hydrogens is 246 g/mol. The number of fused-ring (bicyclic) bond motifs is 2. The minimum atomic E-state index is 0.422. The Morgan fingerprint density at radius 2 is 2.10 bits per heavy atom. The summed E-state index contributed by atoms with van der Waals surface area (Å²) in [6, 6.07) is 9.02. The molecule has 0 radical (unpaired) electrons. The maximum Gasteiger partial charge on any atom is 0.119 e. The lowest BCUT2D eigenvalue weighted by Gasteiger charge is -2.43. The van der Waals surface area contributed by atoms with Crippen LogP contribution in [0.25, 0.3) is 0 Å². The number of benzene rings is 1. The van der Waals surface area contributed by atoms with Gasteiger partial charge in [-0.05, 0) is 53.7 Å². The van der Waals surface area contributed by atoms with Gasteiger partial charge in [-0.3, -0.25) is 0 Å². The molecule has 0 heterocycles. The predicted octanol–water partition coefficient (Wildman–Crippen LogP) is 4.00. The van der Waals surface area contributed by atoms with E-state index in [4.69, 9.17) is 4.74 Å². The van der Waals surface area contributed by atoms with E-state index in [0.29, 0.717) is 16.9 Å². The van der Waals surface area contributed by atoms with Gasteiger partial charge in [-0.15, -0.1) is 0 Å². The van der Waals surface area contributed by atoms with Crippen molar-refractivity contribution in [2.24, 2.45) is 16.7 Å². The highest BCUT2D eigenvalue weighted by Crippen LogP contribution is 2.62. The molecule has 3 atom stereocenters. The maximum atomic E-state index is 5.31. The van der Waals surface area contributed by atoms with Crippen molar-refractivity contribution in [1.29, 1.82) is 0 Å².